The Morgan fingerprint density at radius 3 is 2.14 bits per heavy atom. The molecule has 1 N–H and O–H groups in total. The number of hydrogen-bond donors (Lipinski definition) is 1. The third-order valence-electron chi connectivity index (χ3n) is 5.80. The Bertz CT molecular complexity index is 1260. The third-order valence-corrected chi connectivity index (χ3v) is 7.57. The Hall–Kier alpha value is -3.52. The van der Waals surface area contributed by atoms with E-state index in [2.05, 4.69) is 19.2 Å². The normalized spacial score (nSPS) is 12.2. The average molecular weight is 511 g/mol. The van der Waals surface area contributed by atoms with Gasteiger partial charge in [0.1, 0.15) is 6.54 Å². The molecule has 0 unspecified atom stereocenters. The first-order chi connectivity index (χ1) is 17.1. The Morgan fingerprint density at radius 1 is 0.917 bits per heavy atom. The maximum Gasteiger partial charge on any atom is 0.264 e. The van der Waals surface area contributed by atoms with Crippen molar-refractivity contribution in [2.75, 3.05) is 25.1 Å². The van der Waals surface area contributed by atoms with Gasteiger partial charge in [-0.25, -0.2) is 8.42 Å². The zero-order chi connectivity index (χ0) is 26.3. The van der Waals surface area contributed by atoms with E-state index >= 15 is 0 Å². The maximum atomic E-state index is 13.8. The molecule has 0 radical (unpaired) electrons. The molecule has 0 fully saturated rings. The zero-order valence-corrected chi connectivity index (χ0v) is 22.2. The predicted octanol–water partition coefficient (Wildman–Crippen LogP) is 5.11. The molecule has 8 heteroatoms. The van der Waals surface area contributed by atoms with E-state index in [1.807, 2.05) is 49.4 Å². The maximum absolute atomic E-state index is 13.8. The van der Waals surface area contributed by atoms with Gasteiger partial charge >= 0.3 is 0 Å². The number of methoxy groups -OCH3 is 2. The van der Waals surface area contributed by atoms with Crippen molar-refractivity contribution in [3.05, 3.63) is 83.9 Å². The number of nitrogens with one attached hydrogen (secondary N) is 1. The van der Waals surface area contributed by atoms with Crippen LogP contribution in [-0.4, -0.2) is 35.1 Å². The SMILES string of the molecule is COc1ccc(S(=O)(=O)N(CC(=O)N[C@H](CC(C)C)c2ccccc2)c2ccc(C)cc2)cc1OC. The van der Waals surface area contributed by atoms with Crippen LogP contribution in [0.1, 0.15) is 37.4 Å². The highest BCUT2D eigenvalue weighted by molar-refractivity contribution is 7.92. The summed E-state index contributed by atoms with van der Waals surface area (Å²) in [5.74, 6) is 0.636. The summed E-state index contributed by atoms with van der Waals surface area (Å²) in [6.45, 7) is 5.71. The van der Waals surface area contributed by atoms with Crippen LogP contribution in [0.4, 0.5) is 5.69 Å². The third kappa shape index (κ3) is 6.57. The lowest BCUT2D eigenvalue weighted by Gasteiger charge is -2.27. The molecule has 7 nitrogen and oxygen atoms in total. The average Bonchev–Trinajstić information content (AvgIpc) is 2.87. The standard InChI is InChI=1S/C28H34N2O5S/c1-20(2)17-25(22-9-7-6-8-10-22)29-28(31)19-30(23-13-11-21(3)12-14-23)36(32,33)24-15-16-26(34-4)27(18-24)35-5/h6-16,18,20,25H,17,19H2,1-5H3,(H,29,31)/t25-/m1/s1. The minimum Gasteiger partial charge on any atom is -0.493 e. The van der Waals surface area contributed by atoms with Crippen LogP contribution in [0.25, 0.3) is 0 Å². The summed E-state index contributed by atoms with van der Waals surface area (Å²) in [5.41, 5.74) is 2.35. The first-order valence-electron chi connectivity index (χ1n) is 11.8. The van der Waals surface area contributed by atoms with Gasteiger partial charge in [0.25, 0.3) is 10.0 Å². The summed E-state index contributed by atoms with van der Waals surface area (Å²) in [6.07, 6.45) is 0.725. The summed E-state index contributed by atoms with van der Waals surface area (Å²) in [5, 5.41) is 3.05. The van der Waals surface area contributed by atoms with Gasteiger partial charge in [-0.2, -0.15) is 0 Å². The highest BCUT2D eigenvalue weighted by Gasteiger charge is 2.29. The van der Waals surface area contributed by atoms with E-state index < -0.39 is 15.9 Å². The van der Waals surface area contributed by atoms with Crippen LogP contribution in [0, 0.1) is 12.8 Å². The Labute approximate surface area is 214 Å². The van der Waals surface area contributed by atoms with E-state index in [0.29, 0.717) is 17.4 Å². The number of anilines is 1. The van der Waals surface area contributed by atoms with E-state index in [1.165, 1.54) is 32.4 Å². The highest BCUT2D eigenvalue weighted by atomic mass is 32.2. The van der Waals surface area contributed by atoms with Gasteiger partial charge in [-0.1, -0.05) is 61.9 Å². The lowest BCUT2D eigenvalue weighted by Crippen LogP contribution is -2.42. The van der Waals surface area contributed by atoms with Crippen LogP contribution in [0.15, 0.2) is 77.7 Å². The second-order valence-corrected chi connectivity index (χ2v) is 10.9. The van der Waals surface area contributed by atoms with Gasteiger partial charge < -0.3 is 14.8 Å². The molecule has 36 heavy (non-hydrogen) atoms. The van der Waals surface area contributed by atoms with E-state index in [1.54, 1.807) is 12.1 Å². The number of carbonyl (C=O) groups excluding carboxylic acids is 1. The van der Waals surface area contributed by atoms with E-state index in [-0.39, 0.29) is 23.2 Å². The number of ether oxygens (including phenoxy) is 2. The van der Waals surface area contributed by atoms with E-state index in [4.69, 9.17) is 9.47 Å². The smallest absolute Gasteiger partial charge is 0.264 e. The number of carbonyl (C=O) groups is 1. The molecule has 3 aromatic rings. The van der Waals surface area contributed by atoms with E-state index in [9.17, 15) is 13.2 Å². The summed E-state index contributed by atoms with van der Waals surface area (Å²) >= 11 is 0. The number of aryl methyl sites for hydroxylation is 1. The molecule has 0 aliphatic heterocycles. The molecule has 0 saturated heterocycles. The molecule has 0 spiro atoms. The van der Waals surface area contributed by atoms with Crippen LogP contribution < -0.4 is 19.1 Å². The molecule has 0 heterocycles. The Balaban J connectivity index is 1.96. The molecule has 1 amide bonds. The van der Waals surface area contributed by atoms with Crippen LogP contribution in [-0.2, 0) is 14.8 Å². The van der Waals surface area contributed by atoms with Crippen LogP contribution >= 0.6 is 0 Å². The fraction of sp³-hybridized carbons (Fsp3) is 0.321. The fourth-order valence-electron chi connectivity index (χ4n) is 3.94. The van der Waals surface area contributed by atoms with Gasteiger partial charge in [0.05, 0.1) is 30.8 Å². The molecular formula is C28H34N2O5S. The second-order valence-electron chi connectivity index (χ2n) is 9.02. The summed E-state index contributed by atoms with van der Waals surface area (Å²) in [6, 6.07) is 20.9. The predicted molar refractivity (Wildman–Crippen MR) is 142 cm³/mol. The van der Waals surface area contributed by atoms with Gasteiger partial charge in [0.15, 0.2) is 11.5 Å². The Kier molecular flexibility index (Phi) is 8.98. The van der Waals surface area contributed by atoms with Crippen LogP contribution in [0.5, 0.6) is 11.5 Å². The van der Waals surface area contributed by atoms with Crippen molar-refractivity contribution in [2.24, 2.45) is 5.92 Å². The van der Waals surface area contributed by atoms with Crippen molar-refractivity contribution in [1.82, 2.24) is 5.32 Å². The fourth-order valence-corrected chi connectivity index (χ4v) is 5.37. The first-order valence-corrected chi connectivity index (χ1v) is 13.3. The van der Waals surface area contributed by atoms with Gasteiger partial charge in [-0.15, -0.1) is 0 Å². The summed E-state index contributed by atoms with van der Waals surface area (Å²) < 4.78 is 39.3. The van der Waals surface area contributed by atoms with Crippen molar-refractivity contribution >= 4 is 21.6 Å². The van der Waals surface area contributed by atoms with Crippen molar-refractivity contribution in [1.29, 1.82) is 0 Å². The molecule has 0 aliphatic rings. The van der Waals surface area contributed by atoms with Gasteiger partial charge in [-0.3, -0.25) is 9.10 Å². The van der Waals surface area contributed by atoms with Gasteiger partial charge in [-0.05, 0) is 49.1 Å². The number of sulfonamides is 1. The zero-order valence-electron chi connectivity index (χ0n) is 21.4. The number of nitrogens with zero attached hydrogens (tertiary/aromatic N) is 1. The Morgan fingerprint density at radius 2 is 1.56 bits per heavy atom. The minimum atomic E-state index is -4.11. The molecule has 0 bridgehead atoms. The van der Waals surface area contributed by atoms with Crippen molar-refractivity contribution < 1.29 is 22.7 Å². The van der Waals surface area contributed by atoms with Crippen molar-refractivity contribution in [3.8, 4) is 11.5 Å². The monoisotopic (exact) mass is 510 g/mol. The topological polar surface area (TPSA) is 84.9 Å². The molecule has 3 rings (SSSR count). The number of amides is 1. The molecule has 3 aromatic carbocycles. The molecular weight excluding hydrogens is 476 g/mol. The van der Waals surface area contributed by atoms with Crippen molar-refractivity contribution in [3.63, 3.8) is 0 Å². The quantitative estimate of drug-likeness (QED) is 0.387. The lowest BCUT2D eigenvalue weighted by molar-refractivity contribution is -0.120. The first kappa shape index (κ1) is 27.1. The largest absolute Gasteiger partial charge is 0.493 e. The van der Waals surface area contributed by atoms with Crippen LogP contribution in [0.2, 0.25) is 0 Å². The molecule has 0 aromatic heterocycles. The highest BCUT2D eigenvalue weighted by Crippen LogP contribution is 2.32. The molecule has 0 aliphatic carbocycles. The summed E-state index contributed by atoms with van der Waals surface area (Å²) in [7, 11) is -1.18. The molecule has 192 valence electrons. The number of benzene rings is 3. The van der Waals surface area contributed by atoms with Crippen molar-refractivity contribution in [2.45, 2.75) is 38.1 Å². The summed E-state index contributed by atoms with van der Waals surface area (Å²) in [4.78, 5) is 13.3. The van der Waals surface area contributed by atoms with E-state index in [0.717, 1.165) is 21.9 Å². The number of hydrogen-bond acceptors (Lipinski definition) is 5. The van der Waals surface area contributed by atoms with Crippen LogP contribution in [0.3, 0.4) is 0 Å². The van der Waals surface area contributed by atoms with Gasteiger partial charge in [0, 0.05) is 6.07 Å². The second kappa shape index (κ2) is 11.9. The molecule has 1 atom stereocenters. The molecule has 0 saturated carbocycles. The number of rotatable bonds is 11. The minimum absolute atomic E-state index is 0.00434. The van der Waals surface area contributed by atoms with Gasteiger partial charge in [0.2, 0.25) is 5.91 Å². The lowest BCUT2D eigenvalue weighted by atomic mass is 9.97.